The second-order valence-corrected chi connectivity index (χ2v) is 18.8. The lowest BCUT2D eigenvalue weighted by Crippen LogP contribution is -2.40. The first-order valence-corrected chi connectivity index (χ1v) is 26.7. The van der Waals surface area contributed by atoms with E-state index in [1.54, 1.807) is 6.92 Å². The number of carbonyl (C=O) groups is 4. The fourth-order valence-electron chi connectivity index (χ4n) is 8.24. The third-order valence-corrected chi connectivity index (χ3v) is 12.3. The van der Waals surface area contributed by atoms with Gasteiger partial charge in [-0.05, 0) is 110 Å². The minimum Gasteiger partial charge on any atom is -0.465 e. The van der Waals surface area contributed by atoms with Crippen molar-refractivity contribution in [2.24, 2.45) is 11.8 Å². The van der Waals surface area contributed by atoms with Gasteiger partial charge in [-0.3, -0.25) is 19.3 Å². The van der Waals surface area contributed by atoms with Gasteiger partial charge in [0.1, 0.15) is 12.6 Å². The number of amides is 1. The molecule has 0 spiro atoms. The molecule has 0 aromatic rings. The quantitative estimate of drug-likeness (QED) is 0.0335. The standard InChI is InChI=1S/C53H102N2O8/c1-8-13-17-27-36-47(34-15-10-3)45-61-50(56)40-31-25-21-19-23-29-38-49(63-53(59)55(43-33-42-54(6)7)44-52(58)60-12-5)39-30-24-20-22-26-32-41-51(57)62-46-48(35-16-11-4)37-28-18-14-9-2/h47-49H,8-46H2,1-7H3. The molecule has 10 nitrogen and oxygen atoms in total. The number of hydrogen-bond donors (Lipinski definition) is 0. The molecule has 10 heteroatoms. The summed E-state index contributed by atoms with van der Waals surface area (Å²) in [5, 5.41) is 0. The Morgan fingerprint density at radius 1 is 0.413 bits per heavy atom. The molecule has 0 bridgehead atoms. The van der Waals surface area contributed by atoms with Gasteiger partial charge in [-0.15, -0.1) is 0 Å². The zero-order valence-corrected chi connectivity index (χ0v) is 42.5. The third kappa shape index (κ3) is 39.7. The lowest BCUT2D eigenvalue weighted by molar-refractivity contribution is -0.146. The fraction of sp³-hybridized carbons (Fsp3) is 0.925. The summed E-state index contributed by atoms with van der Waals surface area (Å²) in [6.45, 7) is 13.2. The second-order valence-electron chi connectivity index (χ2n) is 18.8. The topological polar surface area (TPSA) is 112 Å². The van der Waals surface area contributed by atoms with Gasteiger partial charge in [-0.2, -0.15) is 0 Å². The first kappa shape index (κ1) is 60.6. The molecule has 0 radical (unpaired) electrons. The predicted octanol–water partition coefficient (Wildman–Crippen LogP) is 14.2. The minimum atomic E-state index is -0.438. The molecule has 0 saturated carbocycles. The van der Waals surface area contributed by atoms with Crippen molar-refractivity contribution in [1.29, 1.82) is 0 Å². The van der Waals surface area contributed by atoms with Crippen LogP contribution in [0.2, 0.25) is 0 Å². The van der Waals surface area contributed by atoms with Crippen molar-refractivity contribution in [3.8, 4) is 0 Å². The van der Waals surface area contributed by atoms with Crippen LogP contribution in [0.5, 0.6) is 0 Å². The van der Waals surface area contributed by atoms with E-state index in [2.05, 4.69) is 32.6 Å². The number of unbranched alkanes of at least 4 members (excludes halogenated alkanes) is 18. The molecule has 0 aliphatic heterocycles. The molecule has 1 amide bonds. The van der Waals surface area contributed by atoms with Crippen molar-refractivity contribution in [1.82, 2.24) is 9.80 Å². The molecule has 0 rings (SSSR count). The molecule has 372 valence electrons. The van der Waals surface area contributed by atoms with Crippen LogP contribution < -0.4 is 0 Å². The maximum Gasteiger partial charge on any atom is 0.410 e. The summed E-state index contributed by atoms with van der Waals surface area (Å²) >= 11 is 0. The first-order chi connectivity index (χ1) is 30.6. The zero-order chi connectivity index (χ0) is 46.6. The SMILES string of the molecule is CCCCCCC(CCCC)COC(=O)CCCCCCCCC(CCCCCCCCC(=O)OCC(CCCC)CCCCCC)OC(=O)N(CCCN(C)C)CC(=O)OCC. The van der Waals surface area contributed by atoms with Crippen LogP contribution in [0.15, 0.2) is 0 Å². The number of ether oxygens (including phenoxy) is 4. The molecule has 0 aromatic heterocycles. The van der Waals surface area contributed by atoms with E-state index in [1.165, 1.54) is 81.9 Å². The van der Waals surface area contributed by atoms with Gasteiger partial charge in [0.15, 0.2) is 0 Å². The van der Waals surface area contributed by atoms with Gasteiger partial charge in [0, 0.05) is 19.4 Å². The molecule has 0 aromatic carbocycles. The van der Waals surface area contributed by atoms with E-state index in [-0.39, 0.29) is 31.2 Å². The second kappa shape index (κ2) is 44.8. The van der Waals surface area contributed by atoms with E-state index in [4.69, 9.17) is 18.9 Å². The highest BCUT2D eigenvalue weighted by Crippen LogP contribution is 2.22. The molecule has 0 fully saturated rings. The average Bonchev–Trinajstić information content (AvgIpc) is 3.26. The van der Waals surface area contributed by atoms with Crippen molar-refractivity contribution < 1.29 is 38.1 Å². The fourth-order valence-corrected chi connectivity index (χ4v) is 8.24. The highest BCUT2D eigenvalue weighted by Gasteiger charge is 2.23. The lowest BCUT2D eigenvalue weighted by Gasteiger charge is -2.26. The number of carbonyl (C=O) groups excluding carboxylic acids is 4. The van der Waals surface area contributed by atoms with Crippen molar-refractivity contribution in [2.45, 2.75) is 253 Å². The van der Waals surface area contributed by atoms with E-state index >= 15 is 0 Å². The van der Waals surface area contributed by atoms with Gasteiger partial charge in [0.05, 0.1) is 19.8 Å². The summed E-state index contributed by atoms with van der Waals surface area (Å²) in [5.41, 5.74) is 0. The molecule has 0 heterocycles. The Morgan fingerprint density at radius 2 is 0.810 bits per heavy atom. The highest BCUT2D eigenvalue weighted by molar-refractivity contribution is 5.78. The van der Waals surface area contributed by atoms with Gasteiger partial charge in [0.2, 0.25) is 0 Å². The van der Waals surface area contributed by atoms with Gasteiger partial charge >= 0.3 is 24.0 Å². The van der Waals surface area contributed by atoms with Crippen LogP contribution in [0.3, 0.4) is 0 Å². The predicted molar refractivity (Wildman–Crippen MR) is 261 cm³/mol. The Morgan fingerprint density at radius 3 is 1.24 bits per heavy atom. The normalized spacial score (nSPS) is 12.8. The van der Waals surface area contributed by atoms with Crippen LogP contribution in [-0.4, -0.2) is 93.5 Å². The molecule has 2 unspecified atom stereocenters. The number of hydrogen-bond acceptors (Lipinski definition) is 9. The molecule has 0 aliphatic rings. The number of esters is 3. The maximum atomic E-state index is 13.5. The summed E-state index contributed by atoms with van der Waals surface area (Å²) < 4.78 is 22.8. The lowest BCUT2D eigenvalue weighted by atomic mass is 9.96. The van der Waals surface area contributed by atoms with Crippen LogP contribution in [0.1, 0.15) is 247 Å². The molecule has 63 heavy (non-hydrogen) atoms. The van der Waals surface area contributed by atoms with Gasteiger partial charge in [-0.1, -0.05) is 156 Å². The van der Waals surface area contributed by atoms with Crippen LogP contribution in [0.25, 0.3) is 0 Å². The Hall–Kier alpha value is -2.36. The summed E-state index contributed by atoms with van der Waals surface area (Å²) in [5.74, 6) is 0.468. The Labute approximate surface area is 388 Å². The van der Waals surface area contributed by atoms with Crippen molar-refractivity contribution in [2.75, 3.05) is 53.6 Å². The van der Waals surface area contributed by atoms with Crippen LogP contribution >= 0.6 is 0 Å². The minimum absolute atomic E-state index is 0.0528. The van der Waals surface area contributed by atoms with Gasteiger partial charge in [0.25, 0.3) is 0 Å². The highest BCUT2D eigenvalue weighted by atomic mass is 16.6. The summed E-state index contributed by atoms with van der Waals surface area (Å²) in [6, 6.07) is 0. The maximum absolute atomic E-state index is 13.5. The molecule has 0 aliphatic carbocycles. The molecular formula is C53H102N2O8. The van der Waals surface area contributed by atoms with E-state index in [1.807, 2.05) is 14.1 Å². The smallest absolute Gasteiger partial charge is 0.410 e. The molecular weight excluding hydrogens is 793 g/mol. The zero-order valence-electron chi connectivity index (χ0n) is 42.5. The van der Waals surface area contributed by atoms with E-state index in [9.17, 15) is 19.2 Å². The molecule has 2 atom stereocenters. The largest absolute Gasteiger partial charge is 0.465 e. The first-order valence-electron chi connectivity index (χ1n) is 26.7. The van der Waals surface area contributed by atoms with E-state index in [0.717, 1.165) is 129 Å². The Kier molecular flexibility index (Phi) is 43.1. The molecule has 0 saturated heterocycles. The van der Waals surface area contributed by atoms with Crippen molar-refractivity contribution in [3.63, 3.8) is 0 Å². The van der Waals surface area contributed by atoms with E-state index in [0.29, 0.717) is 44.4 Å². The summed E-state index contributed by atoms with van der Waals surface area (Å²) in [4.78, 5) is 54.5. The van der Waals surface area contributed by atoms with Gasteiger partial charge in [-0.25, -0.2) is 4.79 Å². The van der Waals surface area contributed by atoms with Crippen molar-refractivity contribution >= 4 is 24.0 Å². The van der Waals surface area contributed by atoms with Gasteiger partial charge < -0.3 is 23.8 Å². The summed E-state index contributed by atoms with van der Waals surface area (Å²) in [6.07, 6.45) is 34.2. The third-order valence-electron chi connectivity index (χ3n) is 12.3. The number of rotatable bonds is 46. The monoisotopic (exact) mass is 895 g/mol. The summed E-state index contributed by atoms with van der Waals surface area (Å²) in [7, 11) is 3.99. The van der Waals surface area contributed by atoms with Crippen LogP contribution in [-0.2, 0) is 33.3 Å². The average molecular weight is 895 g/mol. The Balaban J connectivity index is 4.85. The Bertz CT molecular complexity index is 1020. The molecule has 0 N–H and O–H groups in total. The number of nitrogens with zero attached hydrogens (tertiary/aromatic N) is 2. The van der Waals surface area contributed by atoms with Crippen LogP contribution in [0, 0.1) is 11.8 Å². The van der Waals surface area contributed by atoms with Crippen molar-refractivity contribution in [3.05, 3.63) is 0 Å². The van der Waals surface area contributed by atoms with E-state index < -0.39 is 12.1 Å². The van der Waals surface area contributed by atoms with Crippen LogP contribution in [0.4, 0.5) is 4.79 Å².